The van der Waals surface area contributed by atoms with Crippen molar-refractivity contribution in [2.75, 3.05) is 28.4 Å². The first kappa shape index (κ1) is 18.4. The topological polar surface area (TPSA) is 66.0 Å². The third kappa shape index (κ3) is 4.15. The summed E-state index contributed by atoms with van der Waals surface area (Å²) in [7, 11) is 6.15. The highest BCUT2D eigenvalue weighted by atomic mass is 16.5. The molecule has 2 aromatic rings. The van der Waals surface area contributed by atoms with Crippen LogP contribution in [0.25, 0.3) is 0 Å². The van der Waals surface area contributed by atoms with Gasteiger partial charge in [-0.25, -0.2) is 0 Å². The summed E-state index contributed by atoms with van der Waals surface area (Å²) < 4.78 is 21.1. The Kier molecular flexibility index (Phi) is 6.11. The lowest BCUT2D eigenvalue weighted by Gasteiger charge is -2.17. The quantitative estimate of drug-likeness (QED) is 0.835. The standard InChI is InChI=1S/C19H23NO5/c1-12(13-7-6-8-15(9-13)22-2)20-19(21)14-10-16(23-3)18(25-5)17(11-14)24-4/h6-12H,1-5H3,(H,20,21)/t12-/m1/s1. The average molecular weight is 345 g/mol. The maximum atomic E-state index is 12.6. The number of hydrogen-bond donors (Lipinski definition) is 1. The van der Waals surface area contributed by atoms with Crippen molar-refractivity contribution in [2.24, 2.45) is 0 Å². The molecule has 6 heteroatoms. The number of carbonyl (C=O) groups is 1. The molecule has 0 radical (unpaired) electrons. The van der Waals surface area contributed by atoms with Crippen molar-refractivity contribution < 1.29 is 23.7 Å². The third-order valence-electron chi connectivity index (χ3n) is 3.87. The number of benzene rings is 2. The van der Waals surface area contributed by atoms with Crippen molar-refractivity contribution in [1.29, 1.82) is 0 Å². The zero-order chi connectivity index (χ0) is 18.4. The molecule has 0 heterocycles. The summed E-state index contributed by atoms with van der Waals surface area (Å²) in [4.78, 5) is 12.6. The molecule has 0 aliphatic rings. The molecular weight excluding hydrogens is 322 g/mol. The second kappa shape index (κ2) is 8.28. The number of methoxy groups -OCH3 is 4. The summed E-state index contributed by atoms with van der Waals surface area (Å²) in [5, 5.41) is 2.96. The maximum absolute atomic E-state index is 12.6. The molecule has 0 saturated heterocycles. The molecular formula is C19H23NO5. The number of amides is 1. The normalized spacial score (nSPS) is 11.4. The zero-order valence-electron chi connectivity index (χ0n) is 15.1. The highest BCUT2D eigenvalue weighted by Gasteiger charge is 2.18. The zero-order valence-corrected chi connectivity index (χ0v) is 15.1. The van der Waals surface area contributed by atoms with E-state index in [1.165, 1.54) is 21.3 Å². The van der Waals surface area contributed by atoms with Gasteiger partial charge in [0, 0.05) is 5.56 Å². The molecule has 25 heavy (non-hydrogen) atoms. The molecule has 2 rings (SSSR count). The van der Waals surface area contributed by atoms with Crippen LogP contribution in [0.5, 0.6) is 23.0 Å². The van der Waals surface area contributed by atoms with Crippen molar-refractivity contribution in [2.45, 2.75) is 13.0 Å². The van der Waals surface area contributed by atoms with E-state index in [4.69, 9.17) is 18.9 Å². The van der Waals surface area contributed by atoms with E-state index in [0.29, 0.717) is 22.8 Å². The van der Waals surface area contributed by atoms with Gasteiger partial charge in [-0.2, -0.15) is 0 Å². The largest absolute Gasteiger partial charge is 0.497 e. The van der Waals surface area contributed by atoms with E-state index in [2.05, 4.69) is 5.32 Å². The van der Waals surface area contributed by atoms with Gasteiger partial charge in [0.2, 0.25) is 5.75 Å². The first-order chi connectivity index (χ1) is 12.0. The first-order valence-electron chi connectivity index (χ1n) is 7.78. The Bertz CT molecular complexity index is 719. The maximum Gasteiger partial charge on any atom is 0.252 e. The van der Waals surface area contributed by atoms with Gasteiger partial charge in [0.15, 0.2) is 11.5 Å². The molecule has 0 aliphatic heterocycles. The lowest BCUT2D eigenvalue weighted by Crippen LogP contribution is -2.26. The molecule has 0 aromatic heterocycles. The van der Waals surface area contributed by atoms with Crippen LogP contribution in [0.4, 0.5) is 0 Å². The molecule has 6 nitrogen and oxygen atoms in total. The molecule has 134 valence electrons. The second-order valence-corrected chi connectivity index (χ2v) is 5.39. The van der Waals surface area contributed by atoms with Gasteiger partial charge < -0.3 is 24.3 Å². The predicted octanol–water partition coefficient (Wildman–Crippen LogP) is 3.21. The van der Waals surface area contributed by atoms with Crippen molar-refractivity contribution >= 4 is 5.91 Å². The van der Waals surface area contributed by atoms with E-state index in [0.717, 1.165) is 11.3 Å². The van der Waals surface area contributed by atoms with Crippen LogP contribution >= 0.6 is 0 Å². The minimum absolute atomic E-state index is 0.193. The Morgan fingerprint density at radius 3 is 2.08 bits per heavy atom. The van der Waals surface area contributed by atoms with Crippen LogP contribution in [0.1, 0.15) is 28.9 Å². The van der Waals surface area contributed by atoms with Gasteiger partial charge in [-0.05, 0) is 36.8 Å². The third-order valence-corrected chi connectivity index (χ3v) is 3.87. The van der Waals surface area contributed by atoms with Crippen molar-refractivity contribution in [1.82, 2.24) is 5.32 Å². The van der Waals surface area contributed by atoms with Gasteiger partial charge in [-0.1, -0.05) is 12.1 Å². The molecule has 0 fully saturated rings. The number of ether oxygens (including phenoxy) is 4. The molecule has 2 aromatic carbocycles. The molecule has 0 saturated carbocycles. The lowest BCUT2D eigenvalue weighted by atomic mass is 10.1. The smallest absolute Gasteiger partial charge is 0.252 e. The Morgan fingerprint density at radius 1 is 0.920 bits per heavy atom. The van der Waals surface area contributed by atoms with Crippen LogP contribution < -0.4 is 24.3 Å². The van der Waals surface area contributed by atoms with E-state index in [1.54, 1.807) is 19.2 Å². The summed E-state index contributed by atoms with van der Waals surface area (Å²) >= 11 is 0. The van der Waals surface area contributed by atoms with E-state index < -0.39 is 0 Å². The fraction of sp³-hybridized carbons (Fsp3) is 0.316. The predicted molar refractivity (Wildman–Crippen MR) is 95.0 cm³/mol. The molecule has 1 atom stereocenters. The molecule has 0 unspecified atom stereocenters. The Hall–Kier alpha value is -2.89. The van der Waals surface area contributed by atoms with Crippen LogP contribution in [0, 0.1) is 0 Å². The Balaban J connectivity index is 2.25. The molecule has 1 amide bonds. The number of hydrogen-bond acceptors (Lipinski definition) is 5. The van der Waals surface area contributed by atoms with E-state index in [-0.39, 0.29) is 11.9 Å². The van der Waals surface area contributed by atoms with Crippen molar-refractivity contribution in [3.63, 3.8) is 0 Å². The highest BCUT2D eigenvalue weighted by molar-refractivity contribution is 5.95. The Morgan fingerprint density at radius 2 is 1.56 bits per heavy atom. The van der Waals surface area contributed by atoms with Gasteiger partial charge >= 0.3 is 0 Å². The molecule has 0 bridgehead atoms. The van der Waals surface area contributed by atoms with Crippen LogP contribution in [-0.2, 0) is 0 Å². The van der Waals surface area contributed by atoms with Gasteiger partial charge in [-0.3, -0.25) is 4.79 Å². The second-order valence-electron chi connectivity index (χ2n) is 5.39. The van der Waals surface area contributed by atoms with E-state index in [9.17, 15) is 4.79 Å². The molecule has 0 aliphatic carbocycles. The highest BCUT2D eigenvalue weighted by Crippen LogP contribution is 2.38. The monoisotopic (exact) mass is 345 g/mol. The van der Waals surface area contributed by atoms with E-state index >= 15 is 0 Å². The van der Waals surface area contributed by atoms with Crippen LogP contribution in [0.15, 0.2) is 36.4 Å². The Labute approximate surface area is 147 Å². The lowest BCUT2D eigenvalue weighted by molar-refractivity contribution is 0.0939. The SMILES string of the molecule is COc1cccc([C@@H](C)NC(=O)c2cc(OC)c(OC)c(OC)c2)c1. The first-order valence-corrected chi connectivity index (χ1v) is 7.78. The average Bonchev–Trinajstić information content (AvgIpc) is 2.66. The number of nitrogens with one attached hydrogen (secondary N) is 1. The van der Waals surface area contributed by atoms with Crippen LogP contribution in [0.3, 0.4) is 0 Å². The fourth-order valence-electron chi connectivity index (χ4n) is 2.49. The molecule has 1 N–H and O–H groups in total. The van der Waals surface area contributed by atoms with Crippen molar-refractivity contribution in [3.8, 4) is 23.0 Å². The minimum atomic E-state index is -0.241. The fourth-order valence-corrected chi connectivity index (χ4v) is 2.49. The molecule has 0 spiro atoms. The van der Waals surface area contributed by atoms with Crippen LogP contribution in [-0.4, -0.2) is 34.3 Å². The summed E-state index contributed by atoms with van der Waals surface area (Å²) in [6, 6.07) is 10.6. The van der Waals surface area contributed by atoms with Crippen LogP contribution in [0.2, 0.25) is 0 Å². The van der Waals surface area contributed by atoms with Gasteiger partial charge in [0.05, 0.1) is 34.5 Å². The van der Waals surface area contributed by atoms with Gasteiger partial charge in [-0.15, -0.1) is 0 Å². The number of carbonyl (C=O) groups excluding carboxylic acids is 1. The van der Waals surface area contributed by atoms with E-state index in [1.807, 2.05) is 31.2 Å². The summed E-state index contributed by atoms with van der Waals surface area (Å²) in [6.45, 7) is 1.91. The number of rotatable bonds is 7. The summed E-state index contributed by atoms with van der Waals surface area (Å²) in [5.74, 6) is 1.81. The van der Waals surface area contributed by atoms with Gasteiger partial charge in [0.25, 0.3) is 5.91 Å². The summed E-state index contributed by atoms with van der Waals surface area (Å²) in [6.07, 6.45) is 0. The summed E-state index contributed by atoms with van der Waals surface area (Å²) in [5.41, 5.74) is 1.37. The van der Waals surface area contributed by atoms with Gasteiger partial charge in [0.1, 0.15) is 5.75 Å². The minimum Gasteiger partial charge on any atom is -0.497 e. The van der Waals surface area contributed by atoms with Crippen molar-refractivity contribution in [3.05, 3.63) is 47.5 Å².